The fourth-order valence-corrected chi connectivity index (χ4v) is 2.26. The Morgan fingerprint density at radius 1 is 0.960 bits per heavy atom. The summed E-state index contributed by atoms with van der Waals surface area (Å²) in [5, 5.41) is 11.4. The number of nitrogens with zero attached hydrogens (tertiary/aromatic N) is 1. The van der Waals surface area contributed by atoms with E-state index in [1.165, 1.54) is 6.07 Å². The molecular weight excluding hydrogens is 334 g/mol. The summed E-state index contributed by atoms with van der Waals surface area (Å²) < 4.78 is 32.2. The molecule has 136 valence electrons. The minimum atomic E-state index is -0.444. The highest BCUT2D eigenvalue weighted by atomic mass is 16.6. The molecule has 3 unspecified atom stereocenters. The minimum Gasteiger partial charge on any atom is -0.487 e. The number of epoxide rings is 3. The summed E-state index contributed by atoms with van der Waals surface area (Å²) >= 11 is 0. The molecule has 9 heteroatoms. The van der Waals surface area contributed by atoms with Crippen LogP contribution < -0.4 is 9.47 Å². The molecule has 0 aromatic heterocycles. The Labute approximate surface area is 143 Å². The third kappa shape index (κ3) is 4.79. The SMILES string of the molecule is O=[N+]([O-])c1cc(OCC2CO2)c(OCC2CO2)cc1COCC1CO1. The summed E-state index contributed by atoms with van der Waals surface area (Å²) in [5.41, 5.74) is 0.380. The molecule has 3 aliphatic rings. The molecule has 0 radical (unpaired) electrons. The highest BCUT2D eigenvalue weighted by molar-refractivity contribution is 5.54. The van der Waals surface area contributed by atoms with Crippen LogP contribution in [0.25, 0.3) is 0 Å². The molecule has 0 saturated carbocycles. The smallest absolute Gasteiger partial charge is 0.278 e. The molecular formula is C16H19NO8. The summed E-state index contributed by atoms with van der Waals surface area (Å²) in [6, 6.07) is 3.00. The Morgan fingerprint density at radius 3 is 2.00 bits per heavy atom. The molecule has 0 bridgehead atoms. The lowest BCUT2D eigenvalue weighted by atomic mass is 10.1. The van der Waals surface area contributed by atoms with E-state index in [4.69, 9.17) is 28.4 Å². The molecule has 0 amide bonds. The van der Waals surface area contributed by atoms with Gasteiger partial charge in [0.05, 0.1) is 49.6 Å². The molecule has 3 fully saturated rings. The predicted octanol–water partition coefficient (Wildman–Crippen LogP) is 1.07. The van der Waals surface area contributed by atoms with Gasteiger partial charge in [0.15, 0.2) is 11.5 Å². The van der Waals surface area contributed by atoms with Crippen LogP contribution in [0.4, 0.5) is 5.69 Å². The Hall–Kier alpha value is -1.94. The molecule has 3 atom stereocenters. The number of hydrogen-bond acceptors (Lipinski definition) is 8. The molecule has 1 aromatic rings. The minimum absolute atomic E-state index is 0.0419. The van der Waals surface area contributed by atoms with Crippen LogP contribution in [0.3, 0.4) is 0 Å². The maximum Gasteiger partial charge on any atom is 0.278 e. The molecule has 25 heavy (non-hydrogen) atoms. The first kappa shape index (κ1) is 16.5. The van der Waals surface area contributed by atoms with Crippen molar-refractivity contribution in [1.82, 2.24) is 0 Å². The zero-order valence-electron chi connectivity index (χ0n) is 13.5. The molecule has 3 aliphatic heterocycles. The molecule has 4 rings (SSSR count). The van der Waals surface area contributed by atoms with E-state index in [-0.39, 0.29) is 30.6 Å². The third-order valence-electron chi connectivity index (χ3n) is 3.96. The molecule has 0 N–H and O–H groups in total. The van der Waals surface area contributed by atoms with Crippen LogP contribution in [0, 0.1) is 10.1 Å². The Bertz CT molecular complexity index is 639. The zero-order chi connectivity index (χ0) is 17.2. The van der Waals surface area contributed by atoms with Gasteiger partial charge in [-0.2, -0.15) is 0 Å². The second-order valence-electron chi connectivity index (χ2n) is 6.19. The summed E-state index contributed by atoms with van der Waals surface area (Å²) in [6.45, 7) is 3.22. The van der Waals surface area contributed by atoms with Crippen molar-refractivity contribution in [1.29, 1.82) is 0 Å². The average molecular weight is 353 g/mol. The highest BCUT2D eigenvalue weighted by Gasteiger charge is 2.28. The van der Waals surface area contributed by atoms with Crippen molar-refractivity contribution in [2.24, 2.45) is 0 Å². The van der Waals surface area contributed by atoms with E-state index in [9.17, 15) is 10.1 Å². The molecule has 3 heterocycles. The largest absolute Gasteiger partial charge is 0.487 e. The molecule has 0 spiro atoms. The number of benzene rings is 1. The van der Waals surface area contributed by atoms with Crippen LogP contribution in [0.1, 0.15) is 5.56 Å². The van der Waals surface area contributed by atoms with Gasteiger partial charge in [0.25, 0.3) is 5.69 Å². The van der Waals surface area contributed by atoms with E-state index in [0.29, 0.717) is 56.7 Å². The topological polar surface area (TPSA) is 108 Å². The van der Waals surface area contributed by atoms with Gasteiger partial charge in [-0.05, 0) is 6.07 Å². The molecule has 1 aromatic carbocycles. The van der Waals surface area contributed by atoms with Crippen LogP contribution in [0.5, 0.6) is 11.5 Å². The Balaban J connectivity index is 1.50. The van der Waals surface area contributed by atoms with Gasteiger partial charge in [-0.1, -0.05) is 0 Å². The van der Waals surface area contributed by atoms with Crippen molar-refractivity contribution < 1.29 is 33.3 Å². The van der Waals surface area contributed by atoms with Gasteiger partial charge in [0, 0.05) is 0 Å². The first-order valence-corrected chi connectivity index (χ1v) is 8.18. The van der Waals surface area contributed by atoms with E-state index in [1.807, 2.05) is 0 Å². The van der Waals surface area contributed by atoms with E-state index in [1.54, 1.807) is 6.07 Å². The van der Waals surface area contributed by atoms with E-state index < -0.39 is 4.92 Å². The zero-order valence-corrected chi connectivity index (χ0v) is 13.5. The summed E-state index contributed by atoms with van der Waals surface area (Å²) in [7, 11) is 0. The maximum absolute atomic E-state index is 11.4. The van der Waals surface area contributed by atoms with Gasteiger partial charge in [-0.25, -0.2) is 0 Å². The van der Waals surface area contributed by atoms with Gasteiger partial charge >= 0.3 is 0 Å². The number of nitro groups is 1. The molecule has 9 nitrogen and oxygen atoms in total. The lowest BCUT2D eigenvalue weighted by Crippen LogP contribution is -2.10. The van der Waals surface area contributed by atoms with Crippen LogP contribution >= 0.6 is 0 Å². The van der Waals surface area contributed by atoms with Gasteiger partial charge in [-0.3, -0.25) is 10.1 Å². The highest BCUT2D eigenvalue weighted by Crippen LogP contribution is 2.36. The number of ether oxygens (including phenoxy) is 6. The van der Waals surface area contributed by atoms with Crippen LogP contribution in [-0.4, -0.2) is 62.9 Å². The monoisotopic (exact) mass is 353 g/mol. The lowest BCUT2D eigenvalue weighted by Gasteiger charge is -2.14. The molecule has 0 aliphatic carbocycles. The summed E-state index contributed by atoms with van der Waals surface area (Å²) in [6.07, 6.45) is 0.213. The van der Waals surface area contributed by atoms with Crippen LogP contribution in [0.15, 0.2) is 12.1 Å². The summed E-state index contributed by atoms with van der Waals surface area (Å²) in [5.74, 6) is 0.778. The number of hydrogen-bond donors (Lipinski definition) is 0. The quantitative estimate of drug-likeness (QED) is 0.330. The maximum atomic E-state index is 11.4. The lowest BCUT2D eigenvalue weighted by molar-refractivity contribution is -0.386. The van der Waals surface area contributed by atoms with E-state index >= 15 is 0 Å². The fourth-order valence-electron chi connectivity index (χ4n) is 2.26. The van der Waals surface area contributed by atoms with Gasteiger partial charge in [0.1, 0.15) is 31.5 Å². The second-order valence-corrected chi connectivity index (χ2v) is 6.19. The van der Waals surface area contributed by atoms with Gasteiger partial charge in [0.2, 0.25) is 0 Å². The first-order chi connectivity index (χ1) is 12.2. The van der Waals surface area contributed by atoms with E-state index in [2.05, 4.69) is 0 Å². The standard InChI is InChI=1S/C16H19NO8/c18-17(19)14-2-16(25-9-13-7-23-13)15(24-8-12-6-22-12)1-10(14)3-20-4-11-5-21-11/h1-2,11-13H,3-9H2. The second kappa shape index (κ2) is 7.12. The van der Waals surface area contributed by atoms with Crippen molar-refractivity contribution in [3.05, 3.63) is 27.8 Å². The number of nitro benzene ring substituents is 1. The predicted molar refractivity (Wildman–Crippen MR) is 83.0 cm³/mol. The Kier molecular flexibility index (Phi) is 4.71. The first-order valence-electron chi connectivity index (χ1n) is 8.18. The molecule has 3 saturated heterocycles. The Morgan fingerprint density at radius 2 is 1.48 bits per heavy atom. The number of rotatable bonds is 11. The van der Waals surface area contributed by atoms with Crippen molar-refractivity contribution >= 4 is 5.69 Å². The van der Waals surface area contributed by atoms with Gasteiger partial charge in [-0.15, -0.1) is 0 Å². The van der Waals surface area contributed by atoms with Crippen molar-refractivity contribution in [3.63, 3.8) is 0 Å². The van der Waals surface area contributed by atoms with Crippen molar-refractivity contribution in [3.8, 4) is 11.5 Å². The van der Waals surface area contributed by atoms with Crippen LogP contribution in [-0.2, 0) is 25.6 Å². The normalized spacial score (nSPS) is 26.2. The third-order valence-corrected chi connectivity index (χ3v) is 3.96. The van der Waals surface area contributed by atoms with Gasteiger partial charge < -0.3 is 28.4 Å². The average Bonchev–Trinajstić information content (AvgIpc) is 3.46. The summed E-state index contributed by atoms with van der Waals surface area (Å²) in [4.78, 5) is 11.0. The van der Waals surface area contributed by atoms with Crippen LogP contribution in [0.2, 0.25) is 0 Å². The fraction of sp³-hybridized carbons (Fsp3) is 0.625. The van der Waals surface area contributed by atoms with Crippen molar-refractivity contribution in [2.45, 2.75) is 24.9 Å². The van der Waals surface area contributed by atoms with Crippen molar-refractivity contribution in [2.75, 3.05) is 39.6 Å². The van der Waals surface area contributed by atoms with E-state index in [0.717, 1.165) is 0 Å².